The summed E-state index contributed by atoms with van der Waals surface area (Å²) in [6.45, 7) is -2.20. The fourth-order valence-electron chi connectivity index (χ4n) is 3.86. The van der Waals surface area contributed by atoms with E-state index in [0.717, 1.165) is 23.1 Å². The van der Waals surface area contributed by atoms with Gasteiger partial charge in [-0.3, -0.25) is 9.69 Å². The molecular weight excluding hydrogens is 472 g/mol. The Labute approximate surface area is 199 Å². The molecule has 35 heavy (non-hydrogen) atoms. The highest BCUT2D eigenvalue weighted by Gasteiger charge is 2.21. The first-order valence-electron chi connectivity index (χ1n) is 11.0. The van der Waals surface area contributed by atoms with Crippen molar-refractivity contribution in [3.05, 3.63) is 53.6 Å². The number of carbonyl (C=O) groups excluding carboxylic acids is 1. The van der Waals surface area contributed by atoms with Crippen molar-refractivity contribution in [1.82, 2.24) is 9.80 Å². The second-order valence-electron chi connectivity index (χ2n) is 7.87. The molecule has 1 saturated heterocycles. The van der Waals surface area contributed by atoms with E-state index in [2.05, 4.69) is 14.4 Å². The lowest BCUT2D eigenvalue weighted by atomic mass is 10.1. The van der Waals surface area contributed by atoms with E-state index < -0.39 is 13.2 Å². The molecule has 7 nitrogen and oxygen atoms in total. The van der Waals surface area contributed by atoms with Crippen molar-refractivity contribution >= 4 is 12.0 Å². The van der Waals surface area contributed by atoms with Crippen molar-refractivity contribution < 1.29 is 41.3 Å². The molecule has 0 unspecified atom stereocenters. The predicted molar refractivity (Wildman–Crippen MR) is 118 cm³/mol. The molecule has 0 spiro atoms. The third kappa shape index (κ3) is 6.78. The first-order valence-corrected chi connectivity index (χ1v) is 11.0. The Bertz CT molecular complexity index is 1060. The van der Waals surface area contributed by atoms with Gasteiger partial charge in [0.15, 0.2) is 11.5 Å². The number of ether oxygens (including phenoxy) is 4. The van der Waals surface area contributed by atoms with Crippen LogP contribution in [0.5, 0.6) is 23.0 Å². The number of benzene rings is 2. The maximum absolute atomic E-state index is 12.7. The average molecular weight is 496 g/mol. The summed E-state index contributed by atoms with van der Waals surface area (Å²) < 4.78 is 70.0. The van der Waals surface area contributed by atoms with E-state index in [0.29, 0.717) is 45.9 Å². The van der Waals surface area contributed by atoms with E-state index in [1.165, 1.54) is 24.3 Å². The number of halogens is 4. The summed E-state index contributed by atoms with van der Waals surface area (Å²) in [4.78, 5) is 16.5. The number of piperazine rings is 1. The average Bonchev–Trinajstić information content (AvgIpc) is 2.83. The first kappa shape index (κ1) is 24.6. The third-order valence-electron chi connectivity index (χ3n) is 5.53. The molecule has 4 rings (SSSR count). The topological polar surface area (TPSA) is 60.5 Å². The van der Waals surface area contributed by atoms with Crippen molar-refractivity contribution in [3.63, 3.8) is 0 Å². The quantitative estimate of drug-likeness (QED) is 0.407. The molecule has 0 bridgehead atoms. The smallest absolute Gasteiger partial charge is 0.387 e. The van der Waals surface area contributed by atoms with Crippen LogP contribution in [0.2, 0.25) is 0 Å². The van der Waals surface area contributed by atoms with Gasteiger partial charge in [-0.2, -0.15) is 17.6 Å². The van der Waals surface area contributed by atoms with E-state index >= 15 is 0 Å². The van der Waals surface area contributed by atoms with Crippen LogP contribution in [0.3, 0.4) is 0 Å². The summed E-state index contributed by atoms with van der Waals surface area (Å²) in [5.41, 5.74) is 1.22. The van der Waals surface area contributed by atoms with Gasteiger partial charge in [0.25, 0.3) is 0 Å². The second kappa shape index (κ2) is 11.3. The van der Waals surface area contributed by atoms with Gasteiger partial charge in [0.05, 0.1) is 0 Å². The Morgan fingerprint density at radius 2 is 1.63 bits per heavy atom. The first-order chi connectivity index (χ1) is 16.9. The highest BCUT2D eigenvalue weighted by molar-refractivity contribution is 5.92. The van der Waals surface area contributed by atoms with Crippen molar-refractivity contribution in [3.8, 4) is 23.0 Å². The van der Waals surface area contributed by atoms with Crippen molar-refractivity contribution in [2.24, 2.45) is 0 Å². The summed E-state index contributed by atoms with van der Waals surface area (Å²) in [6, 6.07) is 9.23. The minimum atomic E-state index is -3.16. The van der Waals surface area contributed by atoms with Gasteiger partial charge in [-0.15, -0.1) is 0 Å². The van der Waals surface area contributed by atoms with Crippen LogP contribution in [0.25, 0.3) is 6.08 Å². The maximum Gasteiger partial charge on any atom is 0.387 e. The Hall–Kier alpha value is -3.47. The molecule has 0 atom stereocenters. The normalized spacial score (nSPS) is 16.2. The lowest BCUT2D eigenvalue weighted by molar-refractivity contribution is -0.127. The number of fused-ring (bicyclic) bond motifs is 1. The Kier molecular flexibility index (Phi) is 7.96. The SMILES string of the molecule is O=C(/C=C/c1ccc(OC(F)F)cc1OC(F)F)N1CCN(Cc2ccc3c(c2)OCCO3)CC1. The maximum atomic E-state index is 12.7. The van der Waals surface area contributed by atoms with Gasteiger partial charge in [-0.1, -0.05) is 6.07 Å². The van der Waals surface area contributed by atoms with Crippen LogP contribution in [0.15, 0.2) is 42.5 Å². The van der Waals surface area contributed by atoms with E-state index in [1.54, 1.807) is 4.90 Å². The van der Waals surface area contributed by atoms with Crippen LogP contribution in [0, 0.1) is 0 Å². The Balaban J connectivity index is 1.32. The summed E-state index contributed by atoms with van der Waals surface area (Å²) >= 11 is 0. The third-order valence-corrected chi connectivity index (χ3v) is 5.53. The number of amides is 1. The molecule has 1 fully saturated rings. The number of hydrogen-bond donors (Lipinski definition) is 0. The van der Waals surface area contributed by atoms with E-state index in [-0.39, 0.29) is 23.0 Å². The van der Waals surface area contributed by atoms with Crippen molar-refractivity contribution in [2.75, 3.05) is 39.4 Å². The predicted octanol–water partition coefficient (Wildman–Crippen LogP) is 4.02. The zero-order valence-corrected chi connectivity index (χ0v) is 18.7. The monoisotopic (exact) mass is 496 g/mol. The molecule has 0 N–H and O–H groups in total. The van der Waals surface area contributed by atoms with Gasteiger partial charge in [0.2, 0.25) is 5.91 Å². The number of nitrogens with zero attached hydrogens (tertiary/aromatic N) is 2. The fraction of sp³-hybridized carbons (Fsp3) is 0.375. The highest BCUT2D eigenvalue weighted by atomic mass is 19.3. The molecular formula is C24H24F4N2O5. The summed E-state index contributed by atoms with van der Waals surface area (Å²) in [7, 11) is 0. The van der Waals surface area contributed by atoms with E-state index in [4.69, 9.17) is 9.47 Å². The van der Waals surface area contributed by atoms with Crippen LogP contribution in [0.1, 0.15) is 11.1 Å². The number of alkyl halides is 4. The van der Waals surface area contributed by atoms with Gasteiger partial charge in [-0.25, -0.2) is 0 Å². The number of carbonyl (C=O) groups is 1. The van der Waals surface area contributed by atoms with Gasteiger partial charge < -0.3 is 23.8 Å². The molecule has 2 aromatic rings. The molecule has 1 amide bonds. The van der Waals surface area contributed by atoms with Gasteiger partial charge in [0.1, 0.15) is 24.7 Å². The van der Waals surface area contributed by atoms with Gasteiger partial charge >= 0.3 is 13.2 Å². The molecule has 11 heteroatoms. The number of rotatable bonds is 8. The highest BCUT2D eigenvalue weighted by Crippen LogP contribution is 2.31. The second-order valence-corrected chi connectivity index (χ2v) is 7.87. The van der Waals surface area contributed by atoms with Crippen molar-refractivity contribution in [2.45, 2.75) is 19.8 Å². The van der Waals surface area contributed by atoms with Crippen LogP contribution in [-0.2, 0) is 11.3 Å². The number of hydrogen-bond acceptors (Lipinski definition) is 6. The standard InChI is InChI=1S/C24H24F4N2O5/c25-23(26)34-18-4-2-17(20(14-18)35-24(27)28)3-6-22(31)30-9-7-29(8-10-30)15-16-1-5-19-21(13-16)33-12-11-32-19/h1-6,13-14,23-24H,7-12,15H2/b6-3+. The molecule has 0 aliphatic carbocycles. The molecule has 0 radical (unpaired) electrons. The van der Waals surface area contributed by atoms with Crippen molar-refractivity contribution in [1.29, 1.82) is 0 Å². The van der Waals surface area contributed by atoms with E-state index in [1.807, 2.05) is 18.2 Å². The Morgan fingerprint density at radius 1 is 0.914 bits per heavy atom. The largest absolute Gasteiger partial charge is 0.486 e. The van der Waals surface area contributed by atoms with Gasteiger partial charge in [0, 0.05) is 50.4 Å². The zero-order chi connectivity index (χ0) is 24.8. The molecule has 2 aromatic carbocycles. The Morgan fingerprint density at radius 3 is 2.34 bits per heavy atom. The molecule has 2 aliphatic rings. The molecule has 2 heterocycles. The summed E-state index contributed by atoms with van der Waals surface area (Å²) in [6.07, 6.45) is 2.56. The van der Waals surface area contributed by atoms with Crippen LogP contribution >= 0.6 is 0 Å². The molecule has 2 aliphatic heterocycles. The minimum absolute atomic E-state index is 0.137. The van der Waals surface area contributed by atoms with E-state index in [9.17, 15) is 22.4 Å². The van der Waals surface area contributed by atoms with Gasteiger partial charge in [-0.05, 0) is 35.9 Å². The van der Waals surface area contributed by atoms with Crippen LogP contribution in [0.4, 0.5) is 17.6 Å². The fourth-order valence-corrected chi connectivity index (χ4v) is 3.86. The lowest BCUT2D eigenvalue weighted by Gasteiger charge is -2.34. The van der Waals surface area contributed by atoms with Crippen LogP contribution in [-0.4, -0.2) is 68.3 Å². The molecule has 0 aromatic heterocycles. The summed E-state index contributed by atoms with van der Waals surface area (Å²) in [5, 5.41) is 0. The minimum Gasteiger partial charge on any atom is -0.486 e. The molecule has 188 valence electrons. The molecule has 0 saturated carbocycles. The summed E-state index contributed by atoms with van der Waals surface area (Å²) in [5.74, 6) is 0.483. The van der Waals surface area contributed by atoms with Crippen LogP contribution < -0.4 is 18.9 Å². The zero-order valence-electron chi connectivity index (χ0n) is 18.7. The lowest BCUT2D eigenvalue weighted by Crippen LogP contribution is -2.47.